The van der Waals surface area contributed by atoms with Gasteiger partial charge in [0, 0.05) is 31.3 Å². The predicted octanol–water partition coefficient (Wildman–Crippen LogP) is 6.88. The average Bonchev–Trinajstić information content (AvgIpc) is 2.85. The largest absolute Gasteiger partial charge is 0.379 e. The molecular weight excluding hydrogens is 448 g/mol. The minimum Gasteiger partial charge on any atom is -0.379 e. The first-order valence-electron chi connectivity index (χ1n) is 13.5. The molecule has 2 rings (SSSR count). The molecule has 1 heterocycles. The van der Waals surface area contributed by atoms with Gasteiger partial charge < -0.3 is 23.7 Å². The van der Waals surface area contributed by atoms with Crippen LogP contribution in [0.5, 0.6) is 0 Å². The van der Waals surface area contributed by atoms with Gasteiger partial charge in [-0.05, 0) is 37.8 Å². The average molecular weight is 497 g/mol. The Labute approximate surface area is 212 Å². The molecule has 196 valence electrons. The van der Waals surface area contributed by atoms with Gasteiger partial charge in [-0.1, -0.05) is 83.3 Å². The Bertz CT molecular complexity index is 602. The van der Waals surface area contributed by atoms with Crippen molar-refractivity contribution < 1.29 is 23.7 Å². The number of thioether (sulfide) groups is 1. The third-order valence-electron chi connectivity index (χ3n) is 5.94. The highest BCUT2D eigenvalue weighted by Gasteiger charge is 2.48. The van der Waals surface area contributed by atoms with Gasteiger partial charge in [0.1, 0.15) is 29.9 Å². The molecule has 0 amide bonds. The highest BCUT2D eigenvalue weighted by atomic mass is 32.2. The van der Waals surface area contributed by atoms with Crippen molar-refractivity contribution in [2.24, 2.45) is 0 Å². The SMILES string of the molecule is CCCCOCC1O[C@@H](Sc2ccccc2)[C@@H](OCCCC)C(OCCCC)[C@@H]1OCCCC. The lowest BCUT2D eigenvalue weighted by molar-refractivity contribution is -0.247. The first-order chi connectivity index (χ1) is 16.7. The molecule has 0 aliphatic carbocycles. The second-order valence-electron chi connectivity index (χ2n) is 8.97. The topological polar surface area (TPSA) is 46.2 Å². The van der Waals surface area contributed by atoms with Gasteiger partial charge in [0.2, 0.25) is 0 Å². The summed E-state index contributed by atoms with van der Waals surface area (Å²) in [6, 6.07) is 10.4. The summed E-state index contributed by atoms with van der Waals surface area (Å²) < 4.78 is 32.2. The zero-order valence-electron chi connectivity index (χ0n) is 21.9. The number of unbranched alkanes of at least 4 members (excludes halogenated alkanes) is 4. The molecule has 5 nitrogen and oxygen atoms in total. The maximum absolute atomic E-state index is 6.70. The van der Waals surface area contributed by atoms with Gasteiger partial charge in [-0.25, -0.2) is 0 Å². The number of ether oxygens (including phenoxy) is 5. The third kappa shape index (κ3) is 10.5. The highest BCUT2D eigenvalue weighted by Crippen LogP contribution is 2.37. The van der Waals surface area contributed by atoms with E-state index in [1.807, 2.05) is 6.07 Å². The lowest BCUT2D eigenvalue weighted by Gasteiger charge is -2.46. The van der Waals surface area contributed by atoms with E-state index >= 15 is 0 Å². The molecule has 2 unspecified atom stereocenters. The van der Waals surface area contributed by atoms with E-state index in [0.717, 1.165) is 58.0 Å². The molecule has 0 radical (unpaired) electrons. The van der Waals surface area contributed by atoms with Crippen LogP contribution in [0.4, 0.5) is 0 Å². The summed E-state index contributed by atoms with van der Waals surface area (Å²) in [5, 5.41) is 0. The second-order valence-corrected chi connectivity index (χ2v) is 10.1. The Hall–Kier alpha value is -0.630. The van der Waals surface area contributed by atoms with Crippen molar-refractivity contribution in [3.8, 4) is 0 Å². The lowest BCUT2D eigenvalue weighted by atomic mass is 9.99. The van der Waals surface area contributed by atoms with Crippen molar-refractivity contribution in [3.05, 3.63) is 30.3 Å². The van der Waals surface area contributed by atoms with E-state index in [1.54, 1.807) is 11.8 Å². The summed E-state index contributed by atoms with van der Waals surface area (Å²) in [6.45, 7) is 12.1. The Morgan fingerprint density at radius 1 is 0.676 bits per heavy atom. The van der Waals surface area contributed by atoms with Crippen molar-refractivity contribution in [2.45, 2.75) is 114 Å². The van der Waals surface area contributed by atoms with Crippen LogP contribution in [-0.2, 0) is 23.7 Å². The van der Waals surface area contributed by atoms with Crippen LogP contribution in [-0.4, -0.2) is 62.9 Å². The molecular formula is C28H48O5S. The number of hydrogen-bond acceptors (Lipinski definition) is 6. The van der Waals surface area contributed by atoms with Crippen LogP contribution in [0.25, 0.3) is 0 Å². The van der Waals surface area contributed by atoms with Gasteiger partial charge in [0.05, 0.1) is 6.61 Å². The van der Waals surface area contributed by atoms with Gasteiger partial charge >= 0.3 is 0 Å². The molecule has 6 heteroatoms. The fourth-order valence-electron chi connectivity index (χ4n) is 3.85. The molecule has 1 aliphatic rings. The maximum atomic E-state index is 6.70. The summed E-state index contributed by atoms with van der Waals surface area (Å²) in [5.41, 5.74) is -0.184. The van der Waals surface area contributed by atoms with Crippen molar-refractivity contribution in [2.75, 3.05) is 33.0 Å². The summed E-state index contributed by atoms with van der Waals surface area (Å²) in [6.07, 6.45) is 7.73. The molecule has 1 aliphatic heterocycles. The van der Waals surface area contributed by atoms with E-state index in [-0.39, 0.29) is 29.9 Å². The molecule has 34 heavy (non-hydrogen) atoms. The summed E-state index contributed by atoms with van der Waals surface area (Å²) in [5.74, 6) is 0. The van der Waals surface area contributed by atoms with Crippen LogP contribution in [0, 0.1) is 0 Å². The van der Waals surface area contributed by atoms with Gasteiger partial charge in [0.25, 0.3) is 0 Å². The molecule has 1 fully saturated rings. The van der Waals surface area contributed by atoms with E-state index in [4.69, 9.17) is 23.7 Å². The fourth-order valence-corrected chi connectivity index (χ4v) is 4.99. The van der Waals surface area contributed by atoms with Crippen LogP contribution < -0.4 is 0 Å². The Kier molecular flexibility index (Phi) is 16.2. The number of hydrogen-bond donors (Lipinski definition) is 0. The normalized spacial score (nSPS) is 25.0. The zero-order chi connectivity index (χ0) is 24.4. The fraction of sp³-hybridized carbons (Fsp3) is 0.786. The van der Waals surface area contributed by atoms with E-state index in [2.05, 4.69) is 52.0 Å². The van der Waals surface area contributed by atoms with E-state index in [1.165, 1.54) is 4.90 Å². The first-order valence-corrected chi connectivity index (χ1v) is 14.4. The van der Waals surface area contributed by atoms with Gasteiger partial charge in [-0.15, -0.1) is 0 Å². The minimum atomic E-state index is -0.204. The van der Waals surface area contributed by atoms with E-state index in [0.29, 0.717) is 26.4 Å². The van der Waals surface area contributed by atoms with Crippen molar-refractivity contribution in [1.29, 1.82) is 0 Å². The molecule has 5 atom stereocenters. The highest BCUT2D eigenvalue weighted by molar-refractivity contribution is 7.99. The standard InChI is InChI=1S/C28H48O5S/c1-5-9-18-29-22-24-25(30-19-10-6-2)26(31-20-11-7-3)27(32-21-12-8-4)28(33-24)34-23-16-14-13-15-17-23/h13-17,24-28H,5-12,18-22H2,1-4H3/t24?,25-,26?,27+,28+/m1/s1. The van der Waals surface area contributed by atoms with Gasteiger partial charge in [-0.2, -0.15) is 0 Å². The van der Waals surface area contributed by atoms with Gasteiger partial charge in [-0.3, -0.25) is 0 Å². The molecule has 0 spiro atoms. The molecule has 1 aromatic rings. The van der Waals surface area contributed by atoms with Crippen LogP contribution in [0.15, 0.2) is 35.2 Å². The van der Waals surface area contributed by atoms with Crippen LogP contribution >= 0.6 is 11.8 Å². The maximum Gasteiger partial charge on any atom is 0.137 e. The van der Waals surface area contributed by atoms with Crippen LogP contribution in [0.3, 0.4) is 0 Å². The predicted molar refractivity (Wildman–Crippen MR) is 141 cm³/mol. The first kappa shape index (κ1) is 29.6. The summed E-state index contributed by atoms with van der Waals surface area (Å²) in [7, 11) is 0. The van der Waals surface area contributed by atoms with Crippen LogP contribution in [0.2, 0.25) is 0 Å². The molecule has 1 aromatic carbocycles. The van der Waals surface area contributed by atoms with E-state index < -0.39 is 0 Å². The number of benzene rings is 1. The smallest absolute Gasteiger partial charge is 0.137 e. The van der Waals surface area contributed by atoms with Crippen molar-refractivity contribution >= 4 is 11.8 Å². The van der Waals surface area contributed by atoms with Crippen LogP contribution in [0.1, 0.15) is 79.1 Å². The molecule has 0 saturated carbocycles. The molecule has 0 aromatic heterocycles. The summed E-state index contributed by atoms with van der Waals surface area (Å²) in [4.78, 5) is 1.17. The quantitative estimate of drug-likeness (QED) is 0.195. The minimum absolute atomic E-state index is 0.184. The van der Waals surface area contributed by atoms with Crippen molar-refractivity contribution in [1.82, 2.24) is 0 Å². The lowest BCUT2D eigenvalue weighted by Crippen LogP contribution is -2.60. The molecule has 1 saturated heterocycles. The Morgan fingerprint density at radius 3 is 1.79 bits per heavy atom. The third-order valence-corrected chi connectivity index (χ3v) is 7.09. The summed E-state index contributed by atoms with van der Waals surface area (Å²) >= 11 is 1.71. The van der Waals surface area contributed by atoms with Gasteiger partial charge in [0.15, 0.2) is 0 Å². The second kappa shape index (κ2) is 18.6. The Balaban J connectivity index is 2.27. The Morgan fingerprint density at radius 2 is 1.21 bits per heavy atom. The number of rotatable bonds is 19. The monoisotopic (exact) mass is 496 g/mol. The zero-order valence-corrected chi connectivity index (χ0v) is 22.7. The molecule has 0 N–H and O–H groups in total. The van der Waals surface area contributed by atoms with E-state index in [9.17, 15) is 0 Å². The molecule has 0 bridgehead atoms. The van der Waals surface area contributed by atoms with Crippen molar-refractivity contribution in [3.63, 3.8) is 0 Å².